The summed E-state index contributed by atoms with van der Waals surface area (Å²) < 4.78 is 1.09. The van der Waals surface area contributed by atoms with Gasteiger partial charge in [-0.1, -0.05) is 54.9 Å². The summed E-state index contributed by atoms with van der Waals surface area (Å²) in [5.41, 5.74) is 2.80. The quantitative estimate of drug-likeness (QED) is 0.642. The third kappa shape index (κ3) is 3.12. The van der Waals surface area contributed by atoms with E-state index in [1.807, 2.05) is 48.7 Å². The minimum Gasteiger partial charge on any atom is -0.350 e. The van der Waals surface area contributed by atoms with Crippen LogP contribution < -0.4 is 5.32 Å². The second kappa shape index (κ2) is 6.73. The average Bonchev–Trinajstić information content (AvgIpc) is 2.99. The maximum absolute atomic E-state index is 12.5. The molecule has 0 radical (unpaired) electrons. The zero-order valence-electron chi connectivity index (χ0n) is 13.1. The number of benzene rings is 2. The summed E-state index contributed by atoms with van der Waals surface area (Å²) in [7, 11) is 0. The number of carbonyl (C=O) groups is 1. The molecule has 1 atom stereocenters. The molecule has 1 N–H and O–H groups in total. The molecule has 3 aromatic rings. The maximum Gasteiger partial charge on any atom is 0.252 e. The highest BCUT2D eigenvalue weighted by molar-refractivity contribution is 7.18. The zero-order chi connectivity index (χ0) is 16.4. The van der Waals surface area contributed by atoms with Crippen molar-refractivity contribution in [2.45, 2.75) is 26.3 Å². The summed E-state index contributed by atoms with van der Waals surface area (Å²) in [5, 5.41) is 6.67. The molecule has 1 heterocycles. The lowest BCUT2D eigenvalue weighted by atomic mass is 10.0. The van der Waals surface area contributed by atoms with Crippen molar-refractivity contribution < 1.29 is 4.79 Å². The first-order valence-electron chi connectivity index (χ1n) is 7.67. The third-order valence-corrected chi connectivity index (χ3v) is 5.36. The van der Waals surface area contributed by atoms with E-state index in [0.29, 0.717) is 0 Å². The van der Waals surface area contributed by atoms with E-state index in [1.165, 1.54) is 0 Å². The highest BCUT2D eigenvalue weighted by atomic mass is 35.5. The van der Waals surface area contributed by atoms with Gasteiger partial charge in [0, 0.05) is 37.7 Å². The van der Waals surface area contributed by atoms with Gasteiger partial charge in [0.1, 0.15) is 0 Å². The molecule has 2 nitrogen and oxygen atoms in total. The van der Waals surface area contributed by atoms with Crippen LogP contribution in [0.3, 0.4) is 0 Å². The molecule has 0 fully saturated rings. The van der Waals surface area contributed by atoms with Crippen LogP contribution in [0.1, 0.15) is 30.6 Å². The SMILES string of the molecule is CCC(C)NC(=O)c1csc2c(-c3ccccc3Cl)cccc12. The summed E-state index contributed by atoms with van der Waals surface area (Å²) in [4.78, 5) is 12.5. The molecule has 3 rings (SSSR count). The van der Waals surface area contributed by atoms with Crippen LogP contribution >= 0.6 is 22.9 Å². The van der Waals surface area contributed by atoms with Crippen LogP contribution in [0.2, 0.25) is 5.02 Å². The number of hydrogen-bond donors (Lipinski definition) is 1. The molecule has 0 saturated carbocycles. The Morgan fingerprint density at radius 1 is 1.17 bits per heavy atom. The summed E-state index contributed by atoms with van der Waals surface area (Å²) in [6, 6.07) is 14.0. The Morgan fingerprint density at radius 3 is 2.65 bits per heavy atom. The van der Waals surface area contributed by atoms with Crippen molar-refractivity contribution >= 4 is 38.9 Å². The maximum atomic E-state index is 12.5. The Morgan fingerprint density at radius 2 is 1.91 bits per heavy atom. The van der Waals surface area contributed by atoms with E-state index < -0.39 is 0 Å². The first kappa shape index (κ1) is 16.0. The van der Waals surface area contributed by atoms with E-state index in [2.05, 4.69) is 18.3 Å². The lowest BCUT2D eigenvalue weighted by molar-refractivity contribution is 0.0941. The molecule has 0 aliphatic heterocycles. The summed E-state index contributed by atoms with van der Waals surface area (Å²) in [6.45, 7) is 4.08. The van der Waals surface area contributed by atoms with Crippen LogP contribution in [0.15, 0.2) is 47.8 Å². The van der Waals surface area contributed by atoms with Crippen LogP contribution in [0.25, 0.3) is 21.2 Å². The fraction of sp³-hybridized carbons (Fsp3) is 0.211. The zero-order valence-corrected chi connectivity index (χ0v) is 14.7. The largest absolute Gasteiger partial charge is 0.350 e. The smallest absolute Gasteiger partial charge is 0.252 e. The predicted molar refractivity (Wildman–Crippen MR) is 99.5 cm³/mol. The number of thiophene rings is 1. The second-order valence-electron chi connectivity index (χ2n) is 5.59. The number of rotatable bonds is 4. The molecule has 0 spiro atoms. The van der Waals surface area contributed by atoms with Gasteiger partial charge in [0.15, 0.2) is 0 Å². The van der Waals surface area contributed by atoms with E-state index in [4.69, 9.17) is 11.6 Å². The Bertz CT molecular complexity index is 855. The monoisotopic (exact) mass is 343 g/mol. The molecule has 23 heavy (non-hydrogen) atoms. The highest BCUT2D eigenvalue weighted by Crippen LogP contribution is 2.37. The number of nitrogens with one attached hydrogen (secondary N) is 1. The Kier molecular flexibility index (Phi) is 4.69. The molecular formula is C19H18ClNOS. The predicted octanol–water partition coefficient (Wildman–Crippen LogP) is 5.75. The van der Waals surface area contributed by atoms with Crippen LogP contribution in [-0.4, -0.2) is 11.9 Å². The summed E-state index contributed by atoms with van der Waals surface area (Å²) in [5.74, 6) is -0.0121. The van der Waals surface area contributed by atoms with Crippen molar-refractivity contribution in [2.75, 3.05) is 0 Å². The molecule has 0 aliphatic rings. The fourth-order valence-electron chi connectivity index (χ4n) is 2.53. The first-order chi connectivity index (χ1) is 11.1. The average molecular weight is 344 g/mol. The third-order valence-electron chi connectivity index (χ3n) is 4.00. The van der Waals surface area contributed by atoms with Gasteiger partial charge >= 0.3 is 0 Å². The van der Waals surface area contributed by atoms with Gasteiger partial charge in [-0.25, -0.2) is 0 Å². The Labute approximate surface area is 145 Å². The summed E-state index contributed by atoms with van der Waals surface area (Å²) in [6.07, 6.45) is 0.915. The van der Waals surface area contributed by atoms with E-state index in [1.54, 1.807) is 11.3 Å². The van der Waals surface area contributed by atoms with Gasteiger partial charge in [0.25, 0.3) is 5.91 Å². The fourth-order valence-corrected chi connectivity index (χ4v) is 3.85. The van der Waals surface area contributed by atoms with Crippen LogP contribution in [0, 0.1) is 0 Å². The van der Waals surface area contributed by atoms with Gasteiger partial charge in [-0.15, -0.1) is 11.3 Å². The molecule has 0 saturated heterocycles. The van der Waals surface area contributed by atoms with Gasteiger partial charge < -0.3 is 5.32 Å². The Hall–Kier alpha value is -1.84. The lowest BCUT2D eigenvalue weighted by Crippen LogP contribution is -2.31. The van der Waals surface area contributed by atoms with Gasteiger partial charge in [-0.05, 0) is 19.4 Å². The van der Waals surface area contributed by atoms with Crippen molar-refractivity contribution in [3.63, 3.8) is 0 Å². The van der Waals surface area contributed by atoms with Crippen molar-refractivity contribution in [3.8, 4) is 11.1 Å². The summed E-state index contributed by atoms with van der Waals surface area (Å²) >= 11 is 7.93. The molecule has 1 amide bonds. The van der Waals surface area contributed by atoms with Gasteiger partial charge in [0.2, 0.25) is 0 Å². The molecule has 2 aromatic carbocycles. The molecule has 1 aromatic heterocycles. The molecule has 118 valence electrons. The van der Waals surface area contributed by atoms with Crippen LogP contribution in [-0.2, 0) is 0 Å². The minimum absolute atomic E-state index is 0.0121. The van der Waals surface area contributed by atoms with E-state index in [0.717, 1.165) is 38.2 Å². The van der Waals surface area contributed by atoms with Crippen LogP contribution in [0.4, 0.5) is 0 Å². The normalized spacial score (nSPS) is 12.3. The molecular weight excluding hydrogens is 326 g/mol. The van der Waals surface area contributed by atoms with E-state index in [9.17, 15) is 4.79 Å². The van der Waals surface area contributed by atoms with Crippen molar-refractivity contribution in [1.82, 2.24) is 5.32 Å². The van der Waals surface area contributed by atoms with E-state index in [-0.39, 0.29) is 11.9 Å². The minimum atomic E-state index is -0.0121. The van der Waals surface area contributed by atoms with Crippen molar-refractivity contribution in [3.05, 3.63) is 58.4 Å². The molecule has 0 bridgehead atoms. The van der Waals surface area contributed by atoms with Gasteiger partial charge in [0.05, 0.1) is 5.56 Å². The van der Waals surface area contributed by atoms with Gasteiger partial charge in [-0.3, -0.25) is 4.79 Å². The lowest BCUT2D eigenvalue weighted by Gasteiger charge is -2.11. The molecule has 4 heteroatoms. The highest BCUT2D eigenvalue weighted by Gasteiger charge is 2.16. The van der Waals surface area contributed by atoms with Crippen molar-refractivity contribution in [2.24, 2.45) is 0 Å². The molecule has 1 unspecified atom stereocenters. The number of hydrogen-bond acceptors (Lipinski definition) is 2. The number of halogens is 1. The van der Waals surface area contributed by atoms with Crippen LogP contribution in [0.5, 0.6) is 0 Å². The first-order valence-corrected chi connectivity index (χ1v) is 8.93. The standard InChI is InChI=1S/C19H18ClNOS/c1-3-12(2)21-19(22)16-11-23-18-14(8-6-9-15(16)18)13-7-4-5-10-17(13)20/h4-12H,3H2,1-2H3,(H,21,22). The van der Waals surface area contributed by atoms with Gasteiger partial charge in [-0.2, -0.15) is 0 Å². The van der Waals surface area contributed by atoms with E-state index >= 15 is 0 Å². The van der Waals surface area contributed by atoms with Crippen molar-refractivity contribution in [1.29, 1.82) is 0 Å². The molecule has 0 aliphatic carbocycles. The Balaban J connectivity index is 2.08. The number of fused-ring (bicyclic) bond motifs is 1. The topological polar surface area (TPSA) is 29.1 Å². The number of carbonyl (C=O) groups excluding carboxylic acids is 1. The number of amides is 1. The second-order valence-corrected chi connectivity index (χ2v) is 6.88.